The Morgan fingerprint density at radius 2 is 1.52 bits per heavy atom. The van der Waals surface area contributed by atoms with Crippen LogP contribution in [0.25, 0.3) is 6.08 Å². The van der Waals surface area contributed by atoms with Crippen LogP contribution in [-0.4, -0.2) is 154 Å². The summed E-state index contributed by atoms with van der Waals surface area (Å²) in [6.07, 6.45) is 17.9. The highest BCUT2D eigenvalue weighted by atomic mass is 16.2. The van der Waals surface area contributed by atoms with Crippen molar-refractivity contribution >= 4 is 58.9 Å². The third-order valence-corrected chi connectivity index (χ3v) is 14.3. The number of piperazine rings is 1. The van der Waals surface area contributed by atoms with Crippen molar-refractivity contribution in [3.8, 4) is 0 Å². The van der Waals surface area contributed by atoms with Gasteiger partial charge in [-0.2, -0.15) is 0 Å². The molecule has 7 heterocycles. The number of fused-ring (bicyclic) bond motifs is 1. The number of amides is 7. The average Bonchev–Trinajstić information content (AvgIpc) is 3.64. The molecule has 7 amide bonds. The highest BCUT2D eigenvalue weighted by Crippen LogP contribution is 2.33. The molecule has 2 aromatic heterocycles. The van der Waals surface area contributed by atoms with E-state index in [2.05, 4.69) is 40.9 Å². The zero-order valence-electron chi connectivity index (χ0n) is 39.5. The molecule has 5 aliphatic rings. The standard InChI is InChI=1S/C51H65N11O7/c63-44(18-14-37-10-8-24-52-35-37)54-26-6-4-9-36-20-27-61(28-21-36)50(68)41-15-17-43(57-56-41)59-29-22-38(23-30-59)58-31-33-60(34-32-58)46(65)13-3-1-2-5-25-53-40-12-7-11-39-47(40)51(69)62(49(39)67)42-16-19-45(64)55-48(42)66/h7-8,10-12,14-15,17-18,24,35-36,38,42,53H,1-6,9,13,16,19-23,25-34H2,(H,54,63)(H,55,64,66)/b18-14+. The van der Waals surface area contributed by atoms with Crippen molar-refractivity contribution in [3.63, 3.8) is 0 Å². The molecule has 0 saturated carbocycles. The lowest BCUT2D eigenvalue weighted by atomic mass is 9.91. The first-order valence-corrected chi connectivity index (χ1v) is 25.0. The molecule has 0 radical (unpaired) electrons. The molecule has 366 valence electrons. The number of imide groups is 2. The Kier molecular flexibility index (Phi) is 16.7. The molecule has 4 fully saturated rings. The number of nitrogens with one attached hydrogen (secondary N) is 3. The summed E-state index contributed by atoms with van der Waals surface area (Å²) < 4.78 is 0. The third kappa shape index (κ3) is 12.6. The van der Waals surface area contributed by atoms with Gasteiger partial charge in [0.25, 0.3) is 17.7 Å². The molecule has 0 aliphatic carbocycles. The monoisotopic (exact) mass is 944 g/mol. The summed E-state index contributed by atoms with van der Waals surface area (Å²) in [7, 11) is 0. The van der Waals surface area contributed by atoms with Crippen LogP contribution in [0.1, 0.15) is 127 Å². The van der Waals surface area contributed by atoms with E-state index in [1.807, 2.05) is 34.1 Å². The number of aromatic nitrogens is 3. The minimum absolute atomic E-state index is 0.0629. The molecule has 4 saturated heterocycles. The van der Waals surface area contributed by atoms with Crippen LogP contribution in [0.15, 0.2) is 60.9 Å². The fraction of sp³-hybridized carbons (Fsp3) is 0.529. The summed E-state index contributed by atoms with van der Waals surface area (Å²) >= 11 is 0. The topological polar surface area (TPSA) is 210 Å². The van der Waals surface area contributed by atoms with Gasteiger partial charge in [0.15, 0.2) is 11.5 Å². The number of hydrogen-bond acceptors (Lipinski definition) is 13. The molecular weight excluding hydrogens is 879 g/mol. The van der Waals surface area contributed by atoms with Crippen molar-refractivity contribution in [1.82, 2.24) is 45.4 Å². The van der Waals surface area contributed by atoms with Gasteiger partial charge in [0, 0.05) is 108 Å². The Morgan fingerprint density at radius 3 is 2.26 bits per heavy atom. The van der Waals surface area contributed by atoms with Crippen molar-refractivity contribution in [2.24, 2.45) is 5.92 Å². The Hall–Kier alpha value is -6.56. The molecule has 18 nitrogen and oxygen atoms in total. The molecule has 0 bridgehead atoms. The van der Waals surface area contributed by atoms with E-state index in [1.165, 1.54) is 0 Å². The van der Waals surface area contributed by atoms with E-state index < -0.39 is 29.7 Å². The van der Waals surface area contributed by atoms with Crippen LogP contribution < -0.4 is 20.9 Å². The van der Waals surface area contributed by atoms with Gasteiger partial charge in [-0.15, -0.1) is 10.2 Å². The zero-order chi connectivity index (χ0) is 48.1. The first kappa shape index (κ1) is 48.9. The normalized spacial score (nSPS) is 19.6. The van der Waals surface area contributed by atoms with Gasteiger partial charge in [-0.1, -0.05) is 37.8 Å². The van der Waals surface area contributed by atoms with Crippen LogP contribution in [-0.2, 0) is 19.2 Å². The molecule has 1 atom stereocenters. The summed E-state index contributed by atoms with van der Waals surface area (Å²) in [4.78, 5) is 103. The van der Waals surface area contributed by atoms with E-state index in [9.17, 15) is 33.6 Å². The van der Waals surface area contributed by atoms with Gasteiger partial charge in [0.05, 0.1) is 11.1 Å². The molecule has 1 aromatic carbocycles. The van der Waals surface area contributed by atoms with Gasteiger partial charge >= 0.3 is 0 Å². The Labute approximate surface area is 403 Å². The number of unbranched alkanes of at least 4 members (excludes halogenated alkanes) is 4. The summed E-state index contributed by atoms with van der Waals surface area (Å²) in [5.74, 6) is -0.679. The summed E-state index contributed by atoms with van der Waals surface area (Å²) in [6.45, 7) is 7.59. The van der Waals surface area contributed by atoms with Crippen LogP contribution in [0.3, 0.4) is 0 Å². The lowest BCUT2D eigenvalue weighted by Gasteiger charge is -2.43. The first-order chi connectivity index (χ1) is 33.6. The highest BCUT2D eigenvalue weighted by molar-refractivity contribution is 6.25. The van der Waals surface area contributed by atoms with Crippen LogP contribution >= 0.6 is 0 Å². The van der Waals surface area contributed by atoms with E-state index in [0.29, 0.717) is 55.9 Å². The number of benzene rings is 1. The summed E-state index contributed by atoms with van der Waals surface area (Å²) in [6, 6.07) is 12.0. The lowest BCUT2D eigenvalue weighted by Crippen LogP contribution is -2.54. The average molecular weight is 944 g/mol. The number of hydrogen-bond donors (Lipinski definition) is 3. The molecular formula is C51H65N11O7. The maximum Gasteiger partial charge on any atom is 0.274 e. The molecule has 8 rings (SSSR count). The van der Waals surface area contributed by atoms with Crippen molar-refractivity contribution in [2.75, 3.05) is 75.7 Å². The van der Waals surface area contributed by atoms with Crippen molar-refractivity contribution in [2.45, 2.75) is 102 Å². The number of anilines is 2. The third-order valence-electron chi connectivity index (χ3n) is 14.3. The Balaban J connectivity index is 0.658. The quantitative estimate of drug-likeness (QED) is 0.0871. The molecule has 18 heteroatoms. The van der Waals surface area contributed by atoms with E-state index in [1.54, 1.807) is 42.7 Å². The van der Waals surface area contributed by atoms with E-state index in [4.69, 9.17) is 0 Å². The van der Waals surface area contributed by atoms with Gasteiger partial charge in [0.1, 0.15) is 6.04 Å². The number of carbonyl (C=O) groups is 7. The number of nitrogens with zero attached hydrogens (tertiary/aromatic N) is 8. The van der Waals surface area contributed by atoms with Gasteiger partial charge < -0.3 is 25.3 Å². The summed E-state index contributed by atoms with van der Waals surface area (Å²) in [5.41, 5.74) is 2.34. The predicted molar refractivity (Wildman–Crippen MR) is 259 cm³/mol. The maximum atomic E-state index is 13.3. The second-order valence-electron chi connectivity index (χ2n) is 18.8. The van der Waals surface area contributed by atoms with Crippen molar-refractivity contribution < 1.29 is 33.6 Å². The molecule has 1 unspecified atom stereocenters. The fourth-order valence-electron chi connectivity index (χ4n) is 10.3. The molecule has 5 aliphatic heterocycles. The molecule has 3 N–H and O–H groups in total. The molecule has 0 spiro atoms. The first-order valence-electron chi connectivity index (χ1n) is 25.0. The van der Waals surface area contributed by atoms with Crippen LogP contribution in [0, 0.1) is 5.92 Å². The second kappa shape index (κ2) is 23.6. The van der Waals surface area contributed by atoms with E-state index >= 15 is 0 Å². The van der Waals surface area contributed by atoms with Gasteiger partial charge in [0.2, 0.25) is 23.6 Å². The molecule has 3 aromatic rings. The van der Waals surface area contributed by atoms with Gasteiger partial charge in [-0.25, -0.2) is 0 Å². The number of rotatable bonds is 19. The SMILES string of the molecule is O=C(/C=C/c1cccnc1)NCCCCC1CCN(C(=O)c2ccc(N3CCC(N4CCN(C(=O)CCCCCCNc5cccc6c5C(=O)N(C5CCC(=O)NC5=O)C6=O)CC4)CC3)nn2)CC1. The minimum Gasteiger partial charge on any atom is -0.384 e. The number of pyridine rings is 1. The summed E-state index contributed by atoms with van der Waals surface area (Å²) in [5, 5.41) is 17.3. The van der Waals surface area contributed by atoms with Crippen LogP contribution in [0.2, 0.25) is 0 Å². The van der Waals surface area contributed by atoms with Gasteiger partial charge in [-0.05, 0) is 99.3 Å². The van der Waals surface area contributed by atoms with E-state index in [0.717, 1.165) is 126 Å². The fourth-order valence-corrected chi connectivity index (χ4v) is 10.3. The number of piperidine rings is 3. The number of carbonyl (C=O) groups excluding carboxylic acids is 7. The van der Waals surface area contributed by atoms with Crippen molar-refractivity contribution in [1.29, 1.82) is 0 Å². The minimum atomic E-state index is -1.00. The highest BCUT2D eigenvalue weighted by Gasteiger charge is 2.45. The zero-order valence-corrected chi connectivity index (χ0v) is 39.5. The maximum absolute atomic E-state index is 13.3. The van der Waals surface area contributed by atoms with Crippen LogP contribution in [0.4, 0.5) is 11.5 Å². The van der Waals surface area contributed by atoms with E-state index in [-0.39, 0.29) is 41.7 Å². The largest absolute Gasteiger partial charge is 0.384 e. The number of likely N-dealkylation sites (tertiary alicyclic amines) is 1. The predicted octanol–water partition coefficient (Wildman–Crippen LogP) is 4.30. The second-order valence-corrected chi connectivity index (χ2v) is 18.8. The molecule has 69 heavy (non-hydrogen) atoms. The Morgan fingerprint density at radius 1 is 0.739 bits per heavy atom. The smallest absolute Gasteiger partial charge is 0.274 e. The lowest BCUT2D eigenvalue weighted by molar-refractivity contribution is -0.136. The van der Waals surface area contributed by atoms with Gasteiger partial charge in [-0.3, -0.25) is 53.7 Å². The van der Waals surface area contributed by atoms with Crippen molar-refractivity contribution in [3.05, 3.63) is 83.3 Å². The Bertz CT molecular complexity index is 2340. The van der Waals surface area contributed by atoms with Crippen LogP contribution in [0.5, 0.6) is 0 Å².